The van der Waals surface area contributed by atoms with Crippen molar-refractivity contribution in [3.05, 3.63) is 52.4 Å². The molecule has 0 atom stereocenters. The quantitative estimate of drug-likeness (QED) is 0.874. The van der Waals surface area contributed by atoms with Crippen LogP contribution in [0.4, 0.5) is 0 Å². The number of halogens is 1. The number of phenols is 1. The van der Waals surface area contributed by atoms with E-state index in [2.05, 4.69) is 4.74 Å². The normalized spacial score (nSPS) is 10.2. The van der Waals surface area contributed by atoms with Gasteiger partial charge in [0, 0.05) is 5.02 Å². The van der Waals surface area contributed by atoms with Crippen molar-refractivity contribution in [2.45, 2.75) is 6.61 Å². The number of carbonyl (C=O) groups is 2. The number of hydrogen-bond donors (Lipinski definition) is 1. The van der Waals surface area contributed by atoms with E-state index in [4.69, 9.17) is 20.8 Å². The van der Waals surface area contributed by atoms with Crippen molar-refractivity contribution < 1.29 is 28.6 Å². The zero-order valence-electron chi connectivity index (χ0n) is 11.0. The first-order chi connectivity index (χ1) is 10.0. The number of esters is 2. The van der Waals surface area contributed by atoms with Crippen molar-refractivity contribution in [3.63, 3.8) is 0 Å². The maximum absolute atomic E-state index is 11.8. The molecule has 6 nitrogen and oxygen atoms in total. The highest BCUT2D eigenvalue weighted by Crippen LogP contribution is 2.23. The summed E-state index contributed by atoms with van der Waals surface area (Å²) in [6.07, 6.45) is 0. The van der Waals surface area contributed by atoms with Crippen molar-refractivity contribution in [3.8, 4) is 5.75 Å². The summed E-state index contributed by atoms with van der Waals surface area (Å²) in [7, 11) is 1.23. The van der Waals surface area contributed by atoms with Gasteiger partial charge in [0.1, 0.15) is 23.7 Å². The first kappa shape index (κ1) is 14.9. The van der Waals surface area contributed by atoms with Gasteiger partial charge in [-0.15, -0.1) is 0 Å². The molecule has 0 spiro atoms. The van der Waals surface area contributed by atoms with Crippen LogP contribution in [0.2, 0.25) is 5.02 Å². The van der Waals surface area contributed by atoms with Crippen molar-refractivity contribution >= 4 is 23.5 Å². The molecule has 0 bridgehead atoms. The molecule has 110 valence electrons. The number of benzene rings is 1. The Morgan fingerprint density at radius 3 is 2.67 bits per heavy atom. The zero-order chi connectivity index (χ0) is 15.4. The Hall–Kier alpha value is -2.47. The standard InChI is InChI=1S/C14H11ClO6/c1-19-14(18)12-5-3-9(21-12)7-20-13(17)10-4-2-8(15)6-11(10)16/h2-6,16H,7H2,1H3. The minimum Gasteiger partial charge on any atom is -0.507 e. The molecule has 1 heterocycles. The van der Waals surface area contributed by atoms with Crippen LogP contribution >= 0.6 is 11.6 Å². The lowest BCUT2D eigenvalue weighted by atomic mass is 10.2. The topological polar surface area (TPSA) is 86.0 Å². The van der Waals surface area contributed by atoms with Crippen LogP contribution in [-0.4, -0.2) is 24.2 Å². The number of methoxy groups -OCH3 is 1. The van der Waals surface area contributed by atoms with Crippen LogP contribution < -0.4 is 0 Å². The summed E-state index contributed by atoms with van der Waals surface area (Å²) in [6, 6.07) is 6.94. The number of rotatable bonds is 4. The van der Waals surface area contributed by atoms with Crippen molar-refractivity contribution in [2.24, 2.45) is 0 Å². The van der Waals surface area contributed by atoms with Gasteiger partial charge in [-0.05, 0) is 30.3 Å². The molecule has 2 rings (SSSR count). The minimum atomic E-state index is -0.736. The Labute approximate surface area is 124 Å². The molecule has 0 saturated carbocycles. The summed E-state index contributed by atoms with van der Waals surface area (Å²) in [5.74, 6) is -1.35. The van der Waals surface area contributed by atoms with Gasteiger partial charge in [-0.1, -0.05) is 11.6 Å². The highest BCUT2D eigenvalue weighted by Gasteiger charge is 2.15. The molecule has 1 N–H and O–H groups in total. The third-order valence-electron chi connectivity index (χ3n) is 2.57. The van der Waals surface area contributed by atoms with Gasteiger partial charge in [-0.3, -0.25) is 0 Å². The Kier molecular flexibility index (Phi) is 4.49. The predicted octanol–water partition coefficient (Wildman–Crippen LogP) is 2.78. The van der Waals surface area contributed by atoms with Gasteiger partial charge < -0.3 is 19.0 Å². The van der Waals surface area contributed by atoms with E-state index in [1.807, 2.05) is 0 Å². The van der Waals surface area contributed by atoms with E-state index in [-0.39, 0.29) is 29.4 Å². The number of furan rings is 1. The van der Waals surface area contributed by atoms with Gasteiger partial charge in [0.2, 0.25) is 5.76 Å². The Balaban J connectivity index is 2.01. The van der Waals surface area contributed by atoms with Crippen molar-refractivity contribution in [1.29, 1.82) is 0 Å². The maximum Gasteiger partial charge on any atom is 0.373 e. The minimum absolute atomic E-state index is 0.0119. The predicted molar refractivity (Wildman–Crippen MR) is 72.3 cm³/mol. The van der Waals surface area contributed by atoms with Gasteiger partial charge in [0.05, 0.1) is 7.11 Å². The third-order valence-corrected chi connectivity index (χ3v) is 2.81. The van der Waals surface area contributed by atoms with Gasteiger partial charge in [0.25, 0.3) is 0 Å². The lowest BCUT2D eigenvalue weighted by Gasteiger charge is -2.05. The smallest absolute Gasteiger partial charge is 0.373 e. The molecule has 1 aromatic heterocycles. The Morgan fingerprint density at radius 2 is 2.00 bits per heavy atom. The van der Waals surface area contributed by atoms with Gasteiger partial charge in [-0.2, -0.15) is 0 Å². The second-order valence-electron chi connectivity index (χ2n) is 4.00. The Morgan fingerprint density at radius 1 is 1.24 bits per heavy atom. The molecular formula is C14H11ClO6. The van der Waals surface area contributed by atoms with E-state index >= 15 is 0 Å². The lowest BCUT2D eigenvalue weighted by molar-refractivity contribution is 0.0435. The fraction of sp³-hybridized carbons (Fsp3) is 0.143. The summed E-state index contributed by atoms with van der Waals surface area (Å²) in [5, 5.41) is 9.90. The average Bonchev–Trinajstić information content (AvgIpc) is 2.92. The molecule has 0 aliphatic rings. The largest absolute Gasteiger partial charge is 0.507 e. The fourth-order valence-electron chi connectivity index (χ4n) is 1.56. The molecule has 0 aliphatic carbocycles. The maximum atomic E-state index is 11.8. The van der Waals surface area contributed by atoms with Crippen LogP contribution in [0.25, 0.3) is 0 Å². The van der Waals surface area contributed by atoms with E-state index in [1.165, 1.54) is 37.4 Å². The molecule has 0 saturated heterocycles. The number of carbonyl (C=O) groups excluding carboxylic acids is 2. The molecule has 2 aromatic rings. The molecule has 0 fully saturated rings. The number of aromatic hydroxyl groups is 1. The summed E-state index contributed by atoms with van der Waals surface area (Å²) >= 11 is 5.67. The summed E-state index contributed by atoms with van der Waals surface area (Å²) < 4.78 is 14.6. The summed E-state index contributed by atoms with van der Waals surface area (Å²) in [4.78, 5) is 23.0. The van der Waals surface area contributed by atoms with Gasteiger partial charge >= 0.3 is 11.9 Å². The van der Waals surface area contributed by atoms with Crippen LogP contribution in [0.1, 0.15) is 26.7 Å². The van der Waals surface area contributed by atoms with Crippen LogP contribution in [0.15, 0.2) is 34.7 Å². The van der Waals surface area contributed by atoms with E-state index in [1.54, 1.807) is 0 Å². The first-order valence-corrected chi connectivity index (χ1v) is 6.21. The number of hydrogen-bond acceptors (Lipinski definition) is 6. The number of phenolic OH excluding ortho intramolecular Hbond substituents is 1. The molecule has 0 radical (unpaired) electrons. The van der Waals surface area contributed by atoms with Crippen molar-refractivity contribution in [2.75, 3.05) is 7.11 Å². The molecule has 0 unspecified atom stereocenters. The second kappa shape index (κ2) is 6.32. The highest BCUT2D eigenvalue weighted by atomic mass is 35.5. The van der Waals surface area contributed by atoms with Crippen LogP contribution in [0.5, 0.6) is 5.75 Å². The zero-order valence-corrected chi connectivity index (χ0v) is 11.7. The molecule has 7 heteroatoms. The van der Waals surface area contributed by atoms with Gasteiger partial charge in [-0.25, -0.2) is 9.59 Å². The van der Waals surface area contributed by atoms with Crippen molar-refractivity contribution in [1.82, 2.24) is 0 Å². The fourth-order valence-corrected chi connectivity index (χ4v) is 1.72. The van der Waals surface area contributed by atoms with E-state index < -0.39 is 11.9 Å². The second-order valence-corrected chi connectivity index (χ2v) is 4.43. The van der Waals surface area contributed by atoms with Gasteiger partial charge in [0.15, 0.2) is 0 Å². The molecule has 0 aliphatic heterocycles. The van der Waals surface area contributed by atoms with Crippen LogP contribution in [0, 0.1) is 0 Å². The molecular weight excluding hydrogens is 300 g/mol. The Bertz CT molecular complexity index is 676. The molecule has 1 aromatic carbocycles. The van der Waals surface area contributed by atoms with Crippen LogP contribution in [-0.2, 0) is 16.1 Å². The van der Waals surface area contributed by atoms with E-state index in [9.17, 15) is 14.7 Å². The van der Waals surface area contributed by atoms with E-state index in [0.717, 1.165) is 0 Å². The SMILES string of the molecule is COC(=O)c1ccc(COC(=O)c2ccc(Cl)cc2O)o1. The van der Waals surface area contributed by atoms with E-state index in [0.29, 0.717) is 5.02 Å². The number of ether oxygens (including phenoxy) is 2. The monoisotopic (exact) mass is 310 g/mol. The summed E-state index contributed by atoms with van der Waals surface area (Å²) in [5.41, 5.74) is -0.0147. The first-order valence-electron chi connectivity index (χ1n) is 5.84. The highest BCUT2D eigenvalue weighted by molar-refractivity contribution is 6.30. The molecule has 0 amide bonds. The lowest BCUT2D eigenvalue weighted by Crippen LogP contribution is -2.05. The third kappa shape index (κ3) is 3.55. The van der Waals surface area contributed by atoms with Crippen LogP contribution in [0.3, 0.4) is 0 Å². The molecule has 21 heavy (non-hydrogen) atoms. The summed E-state index contributed by atoms with van der Waals surface area (Å²) in [6.45, 7) is -0.183. The average molecular weight is 311 g/mol.